The predicted molar refractivity (Wildman–Crippen MR) is 98.6 cm³/mol. The number of hydrogen-bond donors (Lipinski definition) is 2. The highest BCUT2D eigenvalue weighted by molar-refractivity contribution is 6.10. The number of esters is 1. The smallest absolute Gasteiger partial charge is 0.338 e. The van der Waals surface area contributed by atoms with Gasteiger partial charge in [0.15, 0.2) is 12.7 Å². The van der Waals surface area contributed by atoms with Crippen LogP contribution in [0.15, 0.2) is 54.7 Å². The quantitative estimate of drug-likeness (QED) is 0.493. The van der Waals surface area contributed by atoms with E-state index in [4.69, 9.17) is 15.2 Å². The molecule has 0 saturated heterocycles. The van der Waals surface area contributed by atoms with Gasteiger partial charge in [-0.25, -0.2) is 4.79 Å². The number of ether oxygens (including phenoxy) is 2. The number of primary amides is 1. The minimum absolute atomic E-state index is 0.250. The van der Waals surface area contributed by atoms with Gasteiger partial charge in [0, 0.05) is 22.7 Å². The SMILES string of the molecule is C[C@H](OC(=O)c1ccc(OCC(N)=O)cc1)C(=O)c1c[nH]c2ccccc12. The highest BCUT2D eigenvalue weighted by Crippen LogP contribution is 2.20. The predicted octanol–water partition coefficient (Wildman–Crippen LogP) is 2.46. The zero-order valence-electron chi connectivity index (χ0n) is 14.6. The summed E-state index contributed by atoms with van der Waals surface area (Å²) in [5, 5.41) is 0.779. The van der Waals surface area contributed by atoms with Crippen LogP contribution >= 0.6 is 0 Å². The van der Waals surface area contributed by atoms with Crippen molar-refractivity contribution >= 4 is 28.6 Å². The summed E-state index contributed by atoms with van der Waals surface area (Å²) in [6.45, 7) is 1.28. The van der Waals surface area contributed by atoms with E-state index in [1.165, 1.54) is 31.2 Å². The Bertz CT molecular complexity index is 991. The van der Waals surface area contributed by atoms with Crippen LogP contribution in [0.4, 0.5) is 0 Å². The fourth-order valence-corrected chi connectivity index (χ4v) is 2.62. The van der Waals surface area contributed by atoms with E-state index >= 15 is 0 Å². The number of aromatic nitrogens is 1. The van der Waals surface area contributed by atoms with Crippen molar-refractivity contribution in [3.63, 3.8) is 0 Å². The van der Waals surface area contributed by atoms with Crippen molar-refractivity contribution in [2.24, 2.45) is 5.73 Å². The second-order valence-corrected chi connectivity index (χ2v) is 5.94. The van der Waals surface area contributed by atoms with Crippen LogP contribution in [-0.4, -0.2) is 35.4 Å². The molecule has 0 fully saturated rings. The minimum atomic E-state index is -0.942. The number of rotatable bonds is 7. The summed E-state index contributed by atoms with van der Waals surface area (Å²) in [5.41, 5.74) is 6.58. The van der Waals surface area contributed by atoms with Crippen LogP contribution in [0.1, 0.15) is 27.6 Å². The first-order chi connectivity index (χ1) is 13.0. The van der Waals surface area contributed by atoms with Crippen molar-refractivity contribution in [1.29, 1.82) is 0 Å². The normalized spacial score (nSPS) is 11.7. The maximum absolute atomic E-state index is 12.6. The first kappa shape index (κ1) is 18.2. The van der Waals surface area contributed by atoms with Crippen molar-refractivity contribution < 1.29 is 23.9 Å². The summed E-state index contributed by atoms with van der Waals surface area (Å²) in [5.74, 6) is -1.12. The maximum Gasteiger partial charge on any atom is 0.338 e. The fraction of sp³-hybridized carbons (Fsp3) is 0.150. The molecule has 0 radical (unpaired) electrons. The Morgan fingerprint density at radius 3 is 2.48 bits per heavy atom. The van der Waals surface area contributed by atoms with E-state index in [0.29, 0.717) is 11.3 Å². The second-order valence-electron chi connectivity index (χ2n) is 5.94. The fourth-order valence-electron chi connectivity index (χ4n) is 2.62. The van der Waals surface area contributed by atoms with Gasteiger partial charge in [-0.2, -0.15) is 0 Å². The molecule has 138 valence electrons. The number of Topliss-reactive ketones (excluding diaryl/α,β-unsaturated/α-hetero) is 1. The third-order valence-corrected chi connectivity index (χ3v) is 3.98. The number of nitrogens with one attached hydrogen (secondary N) is 1. The van der Waals surface area contributed by atoms with Gasteiger partial charge in [-0.05, 0) is 37.3 Å². The van der Waals surface area contributed by atoms with Crippen LogP contribution in [0.3, 0.4) is 0 Å². The molecule has 3 rings (SSSR count). The Hall–Kier alpha value is -3.61. The first-order valence-corrected chi connectivity index (χ1v) is 8.28. The number of benzene rings is 2. The largest absolute Gasteiger partial charge is 0.484 e. The molecule has 7 nitrogen and oxygen atoms in total. The number of fused-ring (bicyclic) bond motifs is 1. The number of nitrogens with two attached hydrogens (primary N) is 1. The van der Waals surface area contributed by atoms with Crippen LogP contribution in [0, 0.1) is 0 Å². The van der Waals surface area contributed by atoms with Crippen LogP contribution in [0.2, 0.25) is 0 Å². The Balaban J connectivity index is 1.66. The second kappa shape index (κ2) is 7.74. The maximum atomic E-state index is 12.6. The first-order valence-electron chi connectivity index (χ1n) is 8.28. The molecule has 1 atom stereocenters. The standard InChI is InChI=1S/C20H18N2O5/c1-12(19(24)16-10-22-17-5-3-2-4-15(16)17)27-20(25)13-6-8-14(9-7-13)26-11-18(21)23/h2-10,12,22H,11H2,1H3,(H2,21,23)/t12-/m0/s1. The van der Waals surface area contributed by atoms with Gasteiger partial charge in [-0.3, -0.25) is 9.59 Å². The number of amides is 1. The summed E-state index contributed by atoms with van der Waals surface area (Å²) in [7, 11) is 0. The van der Waals surface area contributed by atoms with Crippen molar-refractivity contribution in [3.8, 4) is 5.75 Å². The van der Waals surface area contributed by atoms with E-state index in [0.717, 1.165) is 10.9 Å². The van der Waals surface area contributed by atoms with E-state index in [9.17, 15) is 14.4 Å². The number of carbonyl (C=O) groups excluding carboxylic acids is 3. The minimum Gasteiger partial charge on any atom is -0.484 e. The Labute approximate surface area is 155 Å². The summed E-state index contributed by atoms with van der Waals surface area (Å²) < 4.78 is 10.4. The molecule has 7 heteroatoms. The van der Waals surface area contributed by atoms with Gasteiger partial charge in [0.25, 0.3) is 5.91 Å². The monoisotopic (exact) mass is 366 g/mol. The average molecular weight is 366 g/mol. The summed E-state index contributed by atoms with van der Waals surface area (Å²) in [6.07, 6.45) is 0.671. The average Bonchev–Trinajstić information content (AvgIpc) is 3.10. The lowest BCUT2D eigenvalue weighted by molar-refractivity contribution is -0.119. The van der Waals surface area contributed by atoms with E-state index < -0.39 is 18.0 Å². The molecule has 0 aliphatic heterocycles. The molecule has 0 aliphatic carbocycles. The molecule has 2 aromatic carbocycles. The number of carbonyl (C=O) groups is 3. The van der Waals surface area contributed by atoms with E-state index in [-0.39, 0.29) is 18.0 Å². The number of aromatic amines is 1. The van der Waals surface area contributed by atoms with Gasteiger partial charge >= 0.3 is 5.97 Å². The van der Waals surface area contributed by atoms with Gasteiger partial charge in [0.2, 0.25) is 5.78 Å². The van der Waals surface area contributed by atoms with Crippen LogP contribution < -0.4 is 10.5 Å². The van der Waals surface area contributed by atoms with Crippen molar-refractivity contribution in [2.75, 3.05) is 6.61 Å². The molecule has 0 aliphatic rings. The molecule has 1 aromatic heterocycles. The van der Waals surface area contributed by atoms with Gasteiger partial charge in [-0.15, -0.1) is 0 Å². The molecule has 1 heterocycles. The summed E-state index contributed by atoms with van der Waals surface area (Å²) in [6, 6.07) is 13.4. The van der Waals surface area contributed by atoms with Crippen LogP contribution in [-0.2, 0) is 9.53 Å². The number of para-hydroxylation sites is 1. The Kier molecular flexibility index (Phi) is 5.21. The van der Waals surface area contributed by atoms with E-state index in [2.05, 4.69) is 4.98 Å². The molecule has 1 amide bonds. The lowest BCUT2D eigenvalue weighted by Gasteiger charge is -2.12. The lowest BCUT2D eigenvalue weighted by Crippen LogP contribution is -2.24. The van der Waals surface area contributed by atoms with Crippen LogP contribution in [0.25, 0.3) is 10.9 Å². The summed E-state index contributed by atoms with van der Waals surface area (Å²) in [4.78, 5) is 38.6. The zero-order chi connectivity index (χ0) is 19.4. The molecular weight excluding hydrogens is 348 g/mol. The van der Waals surface area contributed by atoms with Crippen molar-refractivity contribution in [3.05, 3.63) is 65.9 Å². The van der Waals surface area contributed by atoms with E-state index in [1.807, 2.05) is 24.3 Å². The molecule has 27 heavy (non-hydrogen) atoms. The van der Waals surface area contributed by atoms with Crippen LogP contribution in [0.5, 0.6) is 5.75 Å². The zero-order valence-corrected chi connectivity index (χ0v) is 14.6. The Morgan fingerprint density at radius 1 is 1.07 bits per heavy atom. The molecule has 0 spiro atoms. The van der Waals surface area contributed by atoms with Gasteiger partial charge in [-0.1, -0.05) is 18.2 Å². The number of hydrogen-bond acceptors (Lipinski definition) is 5. The van der Waals surface area contributed by atoms with Crippen molar-refractivity contribution in [1.82, 2.24) is 4.98 Å². The topological polar surface area (TPSA) is 111 Å². The van der Waals surface area contributed by atoms with Crippen molar-refractivity contribution in [2.45, 2.75) is 13.0 Å². The third-order valence-electron chi connectivity index (χ3n) is 3.98. The molecule has 3 N–H and O–H groups in total. The molecule has 0 bridgehead atoms. The highest BCUT2D eigenvalue weighted by atomic mass is 16.5. The third kappa shape index (κ3) is 4.14. The van der Waals surface area contributed by atoms with E-state index in [1.54, 1.807) is 6.20 Å². The molecular formula is C20H18N2O5. The van der Waals surface area contributed by atoms with Gasteiger partial charge < -0.3 is 20.2 Å². The highest BCUT2D eigenvalue weighted by Gasteiger charge is 2.22. The molecule has 0 saturated carbocycles. The number of ketones is 1. The number of H-pyrrole nitrogens is 1. The molecule has 0 unspecified atom stereocenters. The molecule has 3 aromatic rings. The van der Waals surface area contributed by atoms with Gasteiger partial charge in [0.05, 0.1) is 5.56 Å². The summed E-state index contributed by atoms with van der Waals surface area (Å²) >= 11 is 0. The Morgan fingerprint density at radius 2 is 1.78 bits per heavy atom. The van der Waals surface area contributed by atoms with Gasteiger partial charge in [0.1, 0.15) is 5.75 Å². The lowest BCUT2D eigenvalue weighted by atomic mass is 10.1.